The third kappa shape index (κ3) is 2.27. The monoisotopic (exact) mass is 288 g/mol. The molecule has 2 fully saturated rings. The van der Waals surface area contributed by atoms with Gasteiger partial charge < -0.3 is 19.0 Å². The number of hydrogen-bond donors (Lipinski definition) is 1. The molecule has 1 spiro atoms. The van der Waals surface area contributed by atoms with Crippen molar-refractivity contribution >= 4 is 11.0 Å². The molecule has 0 bridgehead atoms. The summed E-state index contributed by atoms with van der Waals surface area (Å²) < 4.78 is 17.0. The highest BCUT2D eigenvalue weighted by molar-refractivity contribution is 5.81. The average molecular weight is 288 g/mol. The van der Waals surface area contributed by atoms with Gasteiger partial charge in [-0.3, -0.25) is 0 Å². The molecule has 0 amide bonds. The molecule has 0 radical (unpaired) electrons. The lowest BCUT2D eigenvalue weighted by Gasteiger charge is -2.38. The SMILES string of the molecule is OC(c1coc2ccccc12)C1CCOC2(CCOC2)C1. The summed E-state index contributed by atoms with van der Waals surface area (Å²) in [4.78, 5) is 0. The van der Waals surface area contributed by atoms with Crippen LogP contribution in [0.1, 0.15) is 30.9 Å². The molecule has 1 aromatic carbocycles. The molecule has 2 aliphatic rings. The Labute approximate surface area is 123 Å². The first-order chi connectivity index (χ1) is 10.3. The first kappa shape index (κ1) is 13.3. The Bertz CT molecular complexity index is 627. The van der Waals surface area contributed by atoms with Crippen LogP contribution in [0, 0.1) is 5.92 Å². The van der Waals surface area contributed by atoms with Crippen molar-refractivity contribution < 1.29 is 19.0 Å². The molecule has 3 heterocycles. The molecule has 1 N–H and O–H groups in total. The van der Waals surface area contributed by atoms with Crippen molar-refractivity contribution in [2.45, 2.75) is 31.0 Å². The number of rotatable bonds is 2. The van der Waals surface area contributed by atoms with E-state index in [9.17, 15) is 5.11 Å². The van der Waals surface area contributed by atoms with E-state index in [2.05, 4.69) is 0 Å². The molecule has 0 saturated carbocycles. The molecule has 2 saturated heterocycles. The van der Waals surface area contributed by atoms with Crippen LogP contribution in [-0.2, 0) is 9.47 Å². The third-order valence-corrected chi connectivity index (χ3v) is 4.87. The molecule has 2 aromatic rings. The smallest absolute Gasteiger partial charge is 0.134 e. The Balaban J connectivity index is 1.60. The standard InChI is InChI=1S/C17H20O4/c18-16(14-10-20-15-4-2-1-3-13(14)15)12-5-7-21-17(9-12)6-8-19-11-17/h1-4,10,12,16,18H,5-9,11H2. The van der Waals surface area contributed by atoms with Crippen LogP contribution in [0.25, 0.3) is 11.0 Å². The van der Waals surface area contributed by atoms with Crippen LogP contribution in [0.4, 0.5) is 0 Å². The van der Waals surface area contributed by atoms with Gasteiger partial charge in [-0.05, 0) is 24.8 Å². The Hall–Kier alpha value is -1.36. The van der Waals surface area contributed by atoms with E-state index < -0.39 is 6.10 Å². The van der Waals surface area contributed by atoms with Gasteiger partial charge >= 0.3 is 0 Å². The van der Waals surface area contributed by atoms with Gasteiger partial charge in [-0.25, -0.2) is 0 Å². The Kier molecular flexibility index (Phi) is 3.25. The predicted molar refractivity (Wildman–Crippen MR) is 78.0 cm³/mol. The summed E-state index contributed by atoms with van der Waals surface area (Å²) in [7, 11) is 0. The lowest BCUT2D eigenvalue weighted by molar-refractivity contribution is -0.117. The first-order valence-electron chi connectivity index (χ1n) is 7.63. The molecular formula is C17H20O4. The maximum Gasteiger partial charge on any atom is 0.134 e. The van der Waals surface area contributed by atoms with Gasteiger partial charge in [-0.2, -0.15) is 0 Å². The normalized spacial score (nSPS) is 31.0. The highest BCUT2D eigenvalue weighted by atomic mass is 16.6. The van der Waals surface area contributed by atoms with Crippen molar-refractivity contribution in [2.75, 3.05) is 19.8 Å². The van der Waals surface area contributed by atoms with E-state index in [1.54, 1.807) is 6.26 Å². The van der Waals surface area contributed by atoms with Crippen LogP contribution >= 0.6 is 0 Å². The minimum absolute atomic E-state index is 0.177. The van der Waals surface area contributed by atoms with Crippen LogP contribution in [0.3, 0.4) is 0 Å². The zero-order chi connectivity index (χ0) is 14.3. The summed E-state index contributed by atoms with van der Waals surface area (Å²) in [6, 6.07) is 7.86. The number of fused-ring (bicyclic) bond motifs is 1. The Morgan fingerprint density at radius 1 is 1.24 bits per heavy atom. The molecule has 1 aromatic heterocycles. The van der Waals surface area contributed by atoms with Crippen molar-refractivity contribution in [2.24, 2.45) is 5.92 Å². The number of para-hydroxylation sites is 1. The van der Waals surface area contributed by atoms with Crippen LogP contribution in [0.2, 0.25) is 0 Å². The largest absolute Gasteiger partial charge is 0.464 e. The first-order valence-corrected chi connectivity index (χ1v) is 7.63. The van der Waals surface area contributed by atoms with Crippen molar-refractivity contribution in [3.63, 3.8) is 0 Å². The Morgan fingerprint density at radius 3 is 3.00 bits per heavy atom. The molecular weight excluding hydrogens is 268 g/mol. The number of ether oxygens (including phenoxy) is 2. The minimum atomic E-state index is -0.505. The summed E-state index contributed by atoms with van der Waals surface area (Å²) in [5.41, 5.74) is 1.55. The van der Waals surface area contributed by atoms with Gasteiger partial charge in [0.15, 0.2) is 0 Å². The molecule has 112 valence electrons. The van der Waals surface area contributed by atoms with Gasteiger partial charge in [0.05, 0.1) is 24.6 Å². The van der Waals surface area contributed by atoms with Crippen LogP contribution in [0.15, 0.2) is 34.9 Å². The van der Waals surface area contributed by atoms with E-state index in [4.69, 9.17) is 13.9 Å². The van der Waals surface area contributed by atoms with Crippen molar-refractivity contribution in [1.82, 2.24) is 0 Å². The summed E-state index contributed by atoms with van der Waals surface area (Å²) in [5, 5.41) is 11.8. The molecule has 3 atom stereocenters. The summed E-state index contributed by atoms with van der Waals surface area (Å²) in [6.45, 7) is 2.11. The second-order valence-corrected chi connectivity index (χ2v) is 6.22. The van der Waals surface area contributed by atoms with Crippen LogP contribution < -0.4 is 0 Å². The molecule has 0 aliphatic carbocycles. The maximum absolute atomic E-state index is 10.8. The van der Waals surface area contributed by atoms with E-state index in [0.29, 0.717) is 13.2 Å². The number of aliphatic hydroxyl groups excluding tert-OH is 1. The van der Waals surface area contributed by atoms with E-state index in [1.165, 1.54) is 0 Å². The van der Waals surface area contributed by atoms with Crippen LogP contribution in [-0.4, -0.2) is 30.5 Å². The zero-order valence-electron chi connectivity index (χ0n) is 12.0. The highest BCUT2D eigenvalue weighted by Crippen LogP contribution is 2.42. The fourth-order valence-electron chi connectivity index (χ4n) is 3.68. The van der Waals surface area contributed by atoms with Gasteiger partial charge in [0.1, 0.15) is 5.58 Å². The number of benzene rings is 1. The van der Waals surface area contributed by atoms with Crippen LogP contribution in [0.5, 0.6) is 0 Å². The maximum atomic E-state index is 10.8. The van der Waals surface area contributed by atoms with E-state index >= 15 is 0 Å². The molecule has 4 nitrogen and oxygen atoms in total. The van der Waals surface area contributed by atoms with Crippen molar-refractivity contribution in [3.8, 4) is 0 Å². The lowest BCUT2D eigenvalue weighted by atomic mass is 9.80. The van der Waals surface area contributed by atoms with E-state index in [-0.39, 0.29) is 11.5 Å². The fourth-order valence-corrected chi connectivity index (χ4v) is 3.68. The molecule has 2 aliphatic heterocycles. The quantitative estimate of drug-likeness (QED) is 0.922. The topological polar surface area (TPSA) is 51.8 Å². The second-order valence-electron chi connectivity index (χ2n) is 6.22. The molecule has 21 heavy (non-hydrogen) atoms. The lowest BCUT2D eigenvalue weighted by Crippen LogP contribution is -2.41. The fraction of sp³-hybridized carbons (Fsp3) is 0.529. The van der Waals surface area contributed by atoms with Crippen molar-refractivity contribution in [3.05, 3.63) is 36.1 Å². The molecule has 4 heteroatoms. The van der Waals surface area contributed by atoms with Crippen molar-refractivity contribution in [1.29, 1.82) is 0 Å². The molecule has 4 rings (SSSR count). The van der Waals surface area contributed by atoms with E-state index in [0.717, 1.165) is 42.4 Å². The van der Waals surface area contributed by atoms with E-state index in [1.807, 2.05) is 24.3 Å². The average Bonchev–Trinajstić information content (AvgIpc) is 3.14. The highest BCUT2D eigenvalue weighted by Gasteiger charge is 2.43. The van der Waals surface area contributed by atoms with Gasteiger partial charge in [0, 0.05) is 30.6 Å². The number of furan rings is 1. The molecule has 3 unspecified atom stereocenters. The summed E-state index contributed by atoms with van der Waals surface area (Å²) >= 11 is 0. The Morgan fingerprint density at radius 2 is 2.14 bits per heavy atom. The van der Waals surface area contributed by atoms with Gasteiger partial charge in [-0.15, -0.1) is 0 Å². The zero-order valence-corrected chi connectivity index (χ0v) is 12.0. The van der Waals surface area contributed by atoms with Gasteiger partial charge in [-0.1, -0.05) is 18.2 Å². The minimum Gasteiger partial charge on any atom is -0.464 e. The summed E-state index contributed by atoms with van der Waals surface area (Å²) in [6.07, 6.45) is 3.86. The number of hydrogen-bond acceptors (Lipinski definition) is 4. The van der Waals surface area contributed by atoms with Gasteiger partial charge in [0.25, 0.3) is 0 Å². The number of aliphatic hydroxyl groups is 1. The third-order valence-electron chi connectivity index (χ3n) is 4.87. The second kappa shape index (κ2) is 5.13. The predicted octanol–water partition coefficient (Wildman–Crippen LogP) is 3.05. The summed E-state index contributed by atoms with van der Waals surface area (Å²) in [5.74, 6) is 0.196. The van der Waals surface area contributed by atoms with Gasteiger partial charge in [0.2, 0.25) is 0 Å².